The molecule has 0 aliphatic rings. The van der Waals surface area contributed by atoms with Crippen molar-refractivity contribution < 1.29 is 0 Å². The van der Waals surface area contributed by atoms with Crippen LogP contribution in [0.5, 0.6) is 0 Å². The van der Waals surface area contributed by atoms with E-state index in [1.54, 1.807) is 7.22 Å². The molecule has 0 atom stereocenters. The third-order valence-corrected chi connectivity index (χ3v) is 16.6. The van der Waals surface area contributed by atoms with E-state index >= 15 is 0 Å². The van der Waals surface area contributed by atoms with Gasteiger partial charge in [-0.25, -0.2) is 0 Å². The Morgan fingerprint density at radius 3 is 1.38 bits per heavy atom. The maximum absolute atomic E-state index is 2.31. The van der Waals surface area contributed by atoms with Crippen molar-refractivity contribution in [1.29, 1.82) is 0 Å². The fraction of sp³-hybridized carbons (Fsp3) is 0.0909. The molecule has 118 valence electrons. The topological polar surface area (TPSA) is 0 Å². The molecule has 0 aliphatic carbocycles. The monoisotopic (exact) mass is 542 g/mol. The molecule has 4 aromatic rings. The standard InChI is InChI=1S/C22H18Te2/c1-15-11-13-17-7-3-5-9-19(17)21(15)23-24-22-16(2)12-14-18-8-4-6-10-20(18)22/h3-14H,1-2H3. The van der Waals surface area contributed by atoms with Gasteiger partial charge in [-0.3, -0.25) is 0 Å². The summed E-state index contributed by atoms with van der Waals surface area (Å²) in [5.74, 6) is 0. The summed E-state index contributed by atoms with van der Waals surface area (Å²) in [6.45, 7) is 4.57. The molecule has 0 nitrogen and oxygen atoms in total. The van der Waals surface area contributed by atoms with Crippen molar-refractivity contribution in [3.63, 3.8) is 0 Å². The van der Waals surface area contributed by atoms with E-state index in [1.807, 2.05) is 0 Å². The van der Waals surface area contributed by atoms with Crippen molar-refractivity contribution in [3.05, 3.63) is 83.9 Å². The summed E-state index contributed by atoms with van der Waals surface area (Å²) in [4.78, 5) is 0. The molecule has 0 aliphatic heterocycles. The molecular formula is C22H18Te2. The fourth-order valence-electron chi connectivity index (χ4n) is 3.01. The van der Waals surface area contributed by atoms with Crippen molar-refractivity contribution in [2.45, 2.75) is 13.8 Å². The second kappa shape index (κ2) is 7.07. The molecule has 24 heavy (non-hydrogen) atoms. The first kappa shape index (κ1) is 16.4. The number of rotatable bonds is 3. The second-order valence-corrected chi connectivity index (χ2v) is 15.7. The molecule has 0 bridgehead atoms. The van der Waals surface area contributed by atoms with Crippen molar-refractivity contribution in [2.24, 2.45) is 0 Å². The molecule has 0 aromatic heterocycles. The molecule has 2 heteroatoms. The quantitative estimate of drug-likeness (QED) is 0.348. The summed E-state index contributed by atoms with van der Waals surface area (Å²) < 4.78 is 3.35. The van der Waals surface area contributed by atoms with Gasteiger partial charge in [0.05, 0.1) is 0 Å². The molecule has 0 spiro atoms. The molecular weight excluding hydrogens is 519 g/mol. The van der Waals surface area contributed by atoms with Gasteiger partial charge in [-0.15, -0.1) is 0 Å². The van der Waals surface area contributed by atoms with Gasteiger partial charge in [-0.05, 0) is 0 Å². The van der Waals surface area contributed by atoms with E-state index in [2.05, 4.69) is 86.6 Å². The van der Waals surface area contributed by atoms with Gasteiger partial charge in [-0.1, -0.05) is 0 Å². The summed E-state index contributed by atoms with van der Waals surface area (Å²) >= 11 is -0.294. The first-order chi connectivity index (χ1) is 11.7. The van der Waals surface area contributed by atoms with Crippen molar-refractivity contribution >= 4 is 62.9 Å². The maximum atomic E-state index is 2.31. The normalized spacial score (nSPS) is 11.2. The Morgan fingerprint density at radius 2 is 0.917 bits per heavy atom. The molecule has 0 saturated carbocycles. The van der Waals surface area contributed by atoms with Crippen LogP contribution in [0.4, 0.5) is 0 Å². The van der Waals surface area contributed by atoms with E-state index in [9.17, 15) is 0 Å². The molecule has 0 fully saturated rings. The first-order valence-corrected chi connectivity index (χ1v) is 17.7. The minimum atomic E-state index is -0.147. The predicted octanol–water partition coefficient (Wildman–Crippen LogP) is 3.88. The number of fused-ring (bicyclic) bond motifs is 2. The Balaban J connectivity index is 1.77. The van der Waals surface area contributed by atoms with Gasteiger partial charge in [0.2, 0.25) is 0 Å². The van der Waals surface area contributed by atoms with Crippen LogP contribution in [0.2, 0.25) is 0 Å². The minimum absolute atomic E-state index is 0.147. The van der Waals surface area contributed by atoms with E-state index in [1.165, 1.54) is 32.7 Å². The number of aryl methyl sites for hydroxylation is 2. The Morgan fingerprint density at radius 1 is 0.500 bits per heavy atom. The van der Waals surface area contributed by atoms with Crippen LogP contribution in [-0.2, 0) is 0 Å². The third-order valence-electron chi connectivity index (χ3n) is 4.36. The number of hydrogen-bond donors (Lipinski definition) is 0. The van der Waals surface area contributed by atoms with Crippen LogP contribution in [0.3, 0.4) is 0 Å². The molecule has 0 saturated heterocycles. The molecule has 0 amide bonds. The molecule has 4 aromatic carbocycles. The van der Waals surface area contributed by atoms with Crippen LogP contribution in [-0.4, -0.2) is 34.1 Å². The van der Waals surface area contributed by atoms with Crippen molar-refractivity contribution in [2.75, 3.05) is 0 Å². The third kappa shape index (κ3) is 3.10. The molecule has 4 rings (SSSR count). The Labute approximate surface area is 159 Å². The Kier molecular flexibility index (Phi) is 4.85. The summed E-state index contributed by atoms with van der Waals surface area (Å²) in [6.07, 6.45) is 0. The molecule has 0 N–H and O–H groups in total. The second-order valence-electron chi connectivity index (χ2n) is 6.03. The molecule has 0 heterocycles. The number of hydrogen-bond acceptors (Lipinski definition) is 0. The fourth-order valence-corrected chi connectivity index (χ4v) is 17.9. The van der Waals surface area contributed by atoms with Gasteiger partial charge in [0.1, 0.15) is 0 Å². The van der Waals surface area contributed by atoms with Crippen LogP contribution in [0.15, 0.2) is 72.8 Å². The zero-order valence-electron chi connectivity index (χ0n) is 13.7. The van der Waals surface area contributed by atoms with E-state index in [4.69, 9.17) is 0 Å². The SMILES string of the molecule is Cc1ccc2ccccc2c1[Te][Te]c1c(C)ccc2ccccc12. The van der Waals surface area contributed by atoms with E-state index in [0.29, 0.717) is 0 Å². The summed E-state index contributed by atoms with van der Waals surface area (Å²) in [6, 6.07) is 26.9. The van der Waals surface area contributed by atoms with Gasteiger partial charge in [0, 0.05) is 0 Å². The zero-order valence-corrected chi connectivity index (χ0v) is 18.4. The summed E-state index contributed by atoms with van der Waals surface area (Å²) in [5.41, 5.74) is 2.97. The van der Waals surface area contributed by atoms with Gasteiger partial charge < -0.3 is 0 Å². The van der Waals surface area contributed by atoms with Crippen LogP contribution in [0.25, 0.3) is 21.5 Å². The van der Waals surface area contributed by atoms with E-state index in [-0.39, 0.29) is 34.1 Å². The first-order valence-electron chi connectivity index (χ1n) is 8.05. The van der Waals surface area contributed by atoms with Crippen LogP contribution in [0.1, 0.15) is 11.1 Å². The van der Waals surface area contributed by atoms with Gasteiger partial charge in [0.15, 0.2) is 0 Å². The zero-order chi connectivity index (χ0) is 16.5. The number of benzene rings is 4. The Hall–Kier alpha value is -1.02. The average Bonchev–Trinajstić information content (AvgIpc) is 2.62. The summed E-state index contributed by atoms with van der Waals surface area (Å²) in [7, 11) is 0. The van der Waals surface area contributed by atoms with E-state index < -0.39 is 0 Å². The average molecular weight is 538 g/mol. The summed E-state index contributed by atoms with van der Waals surface area (Å²) in [5, 5.41) is 5.77. The molecule has 0 unspecified atom stereocenters. The van der Waals surface area contributed by atoms with Crippen molar-refractivity contribution in [1.82, 2.24) is 0 Å². The van der Waals surface area contributed by atoms with E-state index in [0.717, 1.165) is 0 Å². The van der Waals surface area contributed by atoms with Crippen LogP contribution >= 0.6 is 0 Å². The predicted molar refractivity (Wildman–Crippen MR) is 108 cm³/mol. The Bertz CT molecular complexity index is 949. The van der Waals surface area contributed by atoms with Gasteiger partial charge in [0.25, 0.3) is 0 Å². The molecule has 0 radical (unpaired) electrons. The van der Waals surface area contributed by atoms with Crippen LogP contribution < -0.4 is 7.22 Å². The van der Waals surface area contributed by atoms with Crippen molar-refractivity contribution in [3.8, 4) is 0 Å². The van der Waals surface area contributed by atoms with Crippen LogP contribution in [0, 0.1) is 13.8 Å². The van der Waals surface area contributed by atoms with Gasteiger partial charge in [-0.2, -0.15) is 0 Å². The van der Waals surface area contributed by atoms with Gasteiger partial charge >= 0.3 is 161 Å².